The number of aliphatic hydroxyl groups is 8. The van der Waals surface area contributed by atoms with Crippen LogP contribution in [-0.2, 0) is 23.7 Å². The molecule has 0 bridgehead atoms. The Kier molecular flexibility index (Phi) is 38.7. The van der Waals surface area contributed by atoms with E-state index in [9.17, 15) is 45.6 Å². The van der Waals surface area contributed by atoms with Crippen LogP contribution >= 0.6 is 0 Å². The number of unbranched alkanes of at least 4 members (excludes halogenated alkanes) is 24. The number of carbonyl (C=O) groups is 1. The summed E-state index contributed by atoms with van der Waals surface area (Å²) in [5, 5.41) is 86.8. The van der Waals surface area contributed by atoms with Crippen molar-refractivity contribution >= 4 is 5.91 Å². The molecule has 12 unspecified atom stereocenters. The molecule has 12 atom stereocenters. The van der Waals surface area contributed by atoms with Crippen LogP contribution in [-0.4, -0.2) is 140 Å². The SMILES string of the molecule is CCC/C=C\C/C=C\CCCCCCCC(=O)NC(COC1OC(CO)C(OC2OC(CO)C(O)C(O)C2O)C(O)C1O)C(O)/C=C/CC/C=C/CCCCCCCCCCCCCCCCCCC. The summed E-state index contributed by atoms with van der Waals surface area (Å²) in [5.74, 6) is -0.265. The monoisotopic (exact) mass is 996 g/mol. The molecule has 408 valence electrons. The lowest BCUT2D eigenvalue weighted by Crippen LogP contribution is -2.65. The zero-order valence-corrected chi connectivity index (χ0v) is 43.5. The molecule has 9 N–H and O–H groups in total. The summed E-state index contributed by atoms with van der Waals surface area (Å²) < 4.78 is 22.7. The number of carbonyl (C=O) groups excluding carboxylic acids is 1. The average Bonchev–Trinajstić information content (AvgIpc) is 3.36. The fourth-order valence-electron chi connectivity index (χ4n) is 8.93. The van der Waals surface area contributed by atoms with E-state index >= 15 is 0 Å². The quantitative estimate of drug-likeness (QED) is 0.0207. The summed E-state index contributed by atoms with van der Waals surface area (Å²) in [7, 11) is 0. The van der Waals surface area contributed by atoms with Crippen LogP contribution in [0.5, 0.6) is 0 Å². The van der Waals surface area contributed by atoms with Crippen molar-refractivity contribution in [3.05, 3.63) is 48.6 Å². The van der Waals surface area contributed by atoms with Gasteiger partial charge in [-0.25, -0.2) is 0 Å². The summed E-state index contributed by atoms with van der Waals surface area (Å²) in [6.07, 6.45) is 34.5. The van der Waals surface area contributed by atoms with E-state index < -0.39 is 86.8 Å². The molecule has 2 heterocycles. The summed E-state index contributed by atoms with van der Waals surface area (Å²) >= 11 is 0. The highest BCUT2D eigenvalue weighted by atomic mass is 16.7. The van der Waals surface area contributed by atoms with Gasteiger partial charge >= 0.3 is 0 Å². The van der Waals surface area contributed by atoms with Gasteiger partial charge in [0.05, 0.1) is 32.0 Å². The fraction of sp³-hybridized carbons (Fsp3) is 0.839. The second-order valence-electron chi connectivity index (χ2n) is 19.7. The second-order valence-corrected chi connectivity index (χ2v) is 19.7. The Balaban J connectivity index is 1.80. The third-order valence-corrected chi connectivity index (χ3v) is 13.5. The van der Waals surface area contributed by atoms with Crippen molar-refractivity contribution in [2.45, 2.75) is 280 Å². The minimum Gasteiger partial charge on any atom is -0.394 e. The maximum absolute atomic E-state index is 13.2. The average molecular weight is 996 g/mol. The minimum atomic E-state index is -1.79. The highest BCUT2D eigenvalue weighted by molar-refractivity contribution is 5.76. The van der Waals surface area contributed by atoms with Gasteiger partial charge in [0.1, 0.15) is 48.8 Å². The molecule has 2 saturated heterocycles. The Morgan fingerprint density at radius 2 is 0.986 bits per heavy atom. The number of amides is 1. The molecule has 0 saturated carbocycles. The number of hydrogen-bond acceptors (Lipinski definition) is 13. The fourth-order valence-corrected chi connectivity index (χ4v) is 8.93. The topological polar surface area (TPSA) is 228 Å². The van der Waals surface area contributed by atoms with Gasteiger partial charge in [-0.15, -0.1) is 0 Å². The molecule has 14 nitrogen and oxygen atoms in total. The number of aliphatic hydroxyl groups excluding tert-OH is 8. The molecule has 2 rings (SSSR count). The van der Waals surface area contributed by atoms with E-state index in [4.69, 9.17) is 18.9 Å². The van der Waals surface area contributed by atoms with E-state index in [1.807, 2.05) is 6.08 Å². The van der Waals surface area contributed by atoms with Gasteiger partial charge in [0.15, 0.2) is 12.6 Å². The molecule has 2 aliphatic rings. The van der Waals surface area contributed by atoms with Crippen LogP contribution in [0.1, 0.15) is 206 Å². The van der Waals surface area contributed by atoms with Crippen LogP contribution in [0, 0.1) is 0 Å². The molecule has 2 fully saturated rings. The van der Waals surface area contributed by atoms with Gasteiger partial charge in [-0.3, -0.25) is 4.79 Å². The standard InChI is InChI=1S/C56H101NO13/c1-3-5-7-9-11-13-15-17-18-19-20-21-22-23-24-25-26-28-29-31-33-35-37-39-45(60)44(57-48(61)40-38-36-34-32-30-27-16-14-12-10-8-6-4-2)43-67-55-53(66)51(64)54(47(42-59)69-55)70-56-52(65)50(63)49(62)46(41-58)68-56/h8,10,14,16,29,31,37,39,44-47,49-56,58-60,62-66H,3-7,9,11-13,15,17-28,30,32-36,38,40-43H2,1-2H3,(H,57,61)/b10-8-,16-14-,31-29+,39-37+. The number of nitrogens with one attached hydrogen (secondary N) is 1. The third-order valence-electron chi connectivity index (χ3n) is 13.5. The second kappa shape index (κ2) is 42.3. The van der Waals surface area contributed by atoms with E-state index in [0.717, 1.165) is 64.2 Å². The first-order chi connectivity index (χ1) is 34.1. The van der Waals surface area contributed by atoms with Crippen LogP contribution in [0.15, 0.2) is 48.6 Å². The third kappa shape index (κ3) is 28.4. The number of allylic oxidation sites excluding steroid dienone is 7. The molecule has 0 radical (unpaired) electrons. The molecule has 70 heavy (non-hydrogen) atoms. The maximum Gasteiger partial charge on any atom is 0.220 e. The highest BCUT2D eigenvalue weighted by Gasteiger charge is 2.51. The summed E-state index contributed by atoms with van der Waals surface area (Å²) in [4.78, 5) is 13.2. The van der Waals surface area contributed by atoms with Crippen LogP contribution in [0.4, 0.5) is 0 Å². The minimum absolute atomic E-state index is 0.256. The molecule has 0 aromatic carbocycles. The molecule has 0 aliphatic carbocycles. The molecule has 0 aromatic rings. The van der Waals surface area contributed by atoms with Gasteiger partial charge in [0.25, 0.3) is 0 Å². The van der Waals surface area contributed by atoms with E-state index in [0.29, 0.717) is 12.8 Å². The first kappa shape index (κ1) is 64.1. The van der Waals surface area contributed by atoms with Crippen molar-refractivity contribution in [3.8, 4) is 0 Å². The van der Waals surface area contributed by atoms with Crippen molar-refractivity contribution in [2.24, 2.45) is 0 Å². The zero-order chi connectivity index (χ0) is 51.0. The van der Waals surface area contributed by atoms with E-state index in [-0.39, 0.29) is 18.9 Å². The normalized spacial score (nSPS) is 26.3. The van der Waals surface area contributed by atoms with Gasteiger partial charge in [0, 0.05) is 6.42 Å². The lowest BCUT2D eigenvalue weighted by Gasteiger charge is -2.46. The zero-order valence-electron chi connectivity index (χ0n) is 43.5. The van der Waals surface area contributed by atoms with Crippen molar-refractivity contribution in [1.82, 2.24) is 5.32 Å². The van der Waals surface area contributed by atoms with Crippen LogP contribution in [0.25, 0.3) is 0 Å². The van der Waals surface area contributed by atoms with Crippen LogP contribution in [0.2, 0.25) is 0 Å². The Morgan fingerprint density at radius 1 is 0.514 bits per heavy atom. The predicted molar refractivity (Wildman–Crippen MR) is 277 cm³/mol. The van der Waals surface area contributed by atoms with Crippen molar-refractivity contribution in [2.75, 3.05) is 19.8 Å². The van der Waals surface area contributed by atoms with Crippen molar-refractivity contribution in [3.63, 3.8) is 0 Å². The molecule has 1 amide bonds. The van der Waals surface area contributed by atoms with Gasteiger partial charge < -0.3 is 65.1 Å². The Hall–Kier alpha value is -2.05. The Labute approximate surface area is 423 Å². The molecule has 0 spiro atoms. The van der Waals surface area contributed by atoms with E-state index in [2.05, 4.69) is 55.6 Å². The molecule has 2 aliphatic heterocycles. The molecule has 0 aromatic heterocycles. The van der Waals surface area contributed by atoms with Gasteiger partial charge in [-0.2, -0.15) is 0 Å². The molecular formula is C56H101NO13. The lowest BCUT2D eigenvalue weighted by molar-refractivity contribution is -0.359. The van der Waals surface area contributed by atoms with E-state index in [1.165, 1.54) is 109 Å². The maximum atomic E-state index is 13.2. The first-order valence-corrected chi connectivity index (χ1v) is 27.9. The predicted octanol–water partition coefficient (Wildman–Crippen LogP) is 8.44. The van der Waals surface area contributed by atoms with Gasteiger partial charge in [-0.05, 0) is 57.8 Å². The number of hydrogen-bond donors (Lipinski definition) is 9. The van der Waals surface area contributed by atoms with Crippen LogP contribution < -0.4 is 5.32 Å². The summed E-state index contributed by atoms with van der Waals surface area (Å²) in [6.45, 7) is 2.70. The molecular weight excluding hydrogens is 895 g/mol. The Bertz CT molecular complexity index is 1360. The van der Waals surface area contributed by atoms with Gasteiger partial charge in [-0.1, -0.05) is 191 Å². The Morgan fingerprint density at radius 3 is 1.54 bits per heavy atom. The summed E-state index contributed by atoms with van der Waals surface area (Å²) in [6, 6.07) is -0.939. The molecule has 14 heteroatoms. The smallest absolute Gasteiger partial charge is 0.220 e. The van der Waals surface area contributed by atoms with E-state index in [1.54, 1.807) is 6.08 Å². The summed E-state index contributed by atoms with van der Waals surface area (Å²) in [5.41, 5.74) is 0. The van der Waals surface area contributed by atoms with Gasteiger partial charge in [0.2, 0.25) is 5.91 Å². The number of rotatable bonds is 43. The van der Waals surface area contributed by atoms with Crippen molar-refractivity contribution < 1.29 is 64.6 Å². The van der Waals surface area contributed by atoms with Crippen molar-refractivity contribution in [1.29, 1.82) is 0 Å². The lowest BCUT2D eigenvalue weighted by atomic mass is 9.97. The highest BCUT2D eigenvalue weighted by Crippen LogP contribution is 2.30. The largest absolute Gasteiger partial charge is 0.394 e. The first-order valence-electron chi connectivity index (χ1n) is 27.9. The number of ether oxygens (including phenoxy) is 4. The van der Waals surface area contributed by atoms with Crippen LogP contribution in [0.3, 0.4) is 0 Å².